The van der Waals surface area contributed by atoms with Crippen molar-refractivity contribution in [3.05, 3.63) is 45.9 Å². The molecule has 124 valence electrons. The largest absolute Gasteiger partial charge is 0.422 e. The molecule has 0 heterocycles. The van der Waals surface area contributed by atoms with E-state index in [0.29, 0.717) is 5.56 Å². The Hall–Kier alpha value is -1.55. The SMILES string of the molecule is Cc1ccc(CC(=C(C(F)(F)F)C(F)(F)F)S(=O)(=O)O)cc1. The lowest BCUT2D eigenvalue weighted by Gasteiger charge is -2.18. The molecule has 1 aromatic rings. The van der Waals surface area contributed by atoms with E-state index in [9.17, 15) is 34.8 Å². The van der Waals surface area contributed by atoms with Crippen molar-refractivity contribution in [2.45, 2.75) is 25.7 Å². The molecule has 3 nitrogen and oxygen atoms in total. The van der Waals surface area contributed by atoms with Gasteiger partial charge in [-0.15, -0.1) is 0 Å². The predicted octanol–water partition coefficient (Wildman–Crippen LogP) is 3.80. The van der Waals surface area contributed by atoms with Gasteiger partial charge in [0, 0.05) is 6.42 Å². The van der Waals surface area contributed by atoms with Crippen LogP contribution in [0.3, 0.4) is 0 Å². The second-order valence-corrected chi connectivity index (χ2v) is 5.87. The van der Waals surface area contributed by atoms with Gasteiger partial charge < -0.3 is 0 Å². The van der Waals surface area contributed by atoms with E-state index in [0.717, 1.165) is 0 Å². The van der Waals surface area contributed by atoms with E-state index in [1.807, 2.05) is 0 Å². The summed E-state index contributed by atoms with van der Waals surface area (Å²) in [5.41, 5.74) is -2.68. The lowest BCUT2D eigenvalue weighted by Crippen LogP contribution is -2.30. The molecule has 10 heteroatoms. The molecular formula is C12H10F6O3S. The van der Waals surface area contributed by atoms with Crippen LogP contribution in [0.15, 0.2) is 34.7 Å². The molecule has 0 atom stereocenters. The lowest BCUT2D eigenvalue weighted by atomic mass is 10.1. The maximum Gasteiger partial charge on any atom is 0.422 e. The number of hydrogen-bond acceptors (Lipinski definition) is 2. The van der Waals surface area contributed by atoms with E-state index in [4.69, 9.17) is 4.55 Å². The van der Waals surface area contributed by atoms with E-state index in [1.165, 1.54) is 24.3 Å². The van der Waals surface area contributed by atoms with E-state index in [2.05, 4.69) is 0 Å². The molecule has 0 spiro atoms. The number of allylic oxidation sites excluding steroid dienone is 2. The van der Waals surface area contributed by atoms with Gasteiger partial charge in [0.25, 0.3) is 10.1 Å². The summed E-state index contributed by atoms with van der Waals surface area (Å²) in [5, 5.41) is 0. The summed E-state index contributed by atoms with van der Waals surface area (Å²) < 4.78 is 107. The molecule has 0 aromatic heterocycles. The highest BCUT2D eigenvalue weighted by atomic mass is 32.2. The van der Waals surface area contributed by atoms with Crippen molar-refractivity contribution in [2.75, 3.05) is 0 Å². The van der Waals surface area contributed by atoms with Crippen LogP contribution in [0.2, 0.25) is 0 Å². The van der Waals surface area contributed by atoms with Crippen molar-refractivity contribution < 1.29 is 39.3 Å². The van der Waals surface area contributed by atoms with Gasteiger partial charge in [-0.05, 0) is 12.5 Å². The zero-order valence-electron chi connectivity index (χ0n) is 11.0. The molecule has 0 aliphatic rings. The van der Waals surface area contributed by atoms with Gasteiger partial charge in [0.05, 0.1) is 4.91 Å². The summed E-state index contributed by atoms with van der Waals surface area (Å²) >= 11 is 0. The molecule has 0 aliphatic carbocycles. The van der Waals surface area contributed by atoms with Gasteiger partial charge in [-0.3, -0.25) is 4.55 Å². The van der Waals surface area contributed by atoms with Crippen LogP contribution in [-0.4, -0.2) is 25.3 Å². The monoisotopic (exact) mass is 348 g/mol. The van der Waals surface area contributed by atoms with Crippen molar-refractivity contribution in [1.82, 2.24) is 0 Å². The first-order valence-electron chi connectivity index (χ1n) is 5.63. The normalized spacial score (nSPS) is 13.1. The molecule has 0 amide bonds. The first kappa shape index (κ1) is 18.5. The van der Waals surface area contributed by atoms with E-state index in [-0.39, 0.29) is 5.56 Å². The van der Waals surface area contributed by atoms with Crippen molar-refractivity contribution in [3.8, 4) is 0 Å². The minimum atomic E-state index is -5.98. The number of aryl methyl sites for hydroxylation is 1. The Balaban J connectivity index is 3.57. The van der Waals surface area contributed by atoms with E-state index in [1.54, 1.807) is 6.92 Å². The number of alkyl halides is 6. The molecule has 0 aliphatic heterocycles. The first-order chi connectivity index (χ1) is 9.73. The van der Waals surface area contributed by atoms with Crippen LogP contribution in [0, 0.1) is 6.92 Å². The minimum absolute atomic E-state index is 0.121. The van der Waals surface area contributed by atoms with E-state index < -0.39 is 39.4 Å². The Kier molecular flexibility index (Phi) is 4.98. The highest BCUT2D eigenvalue weighted by Gasteiger charge is 2.54. The molecule has 22 heavy (non-hydrogen) atoms. The summed E-state index contributed by atoms with van der Waals surface area (Å²) in [6.45, 7) is 1.63. The van der Waals surface area contributed by atoms with Gasteiger partial charge in [-0.25, -0.2) is 0 Å². The number of benzene rings is 1. The molecular weight excluding hydrogens is 338 g/mol. The van der Waals surface area contributed by atoms with Gasteiger partial charge in [0.1, 0.15) is 0 Å². The molecule has 0 bridgehead atoms. The fourth-order valence-corrected chi connectivity index (χ4v) is 2.52. The molecule has 0 unspecified atom stereocenters. The summed E-state index contributed by atoms with van der Waals surface area (Å²) in [5.74, 6) is 0. The fraction of sp³-hybridized carbons (Fsp3) is 0.333. The van der Waals surface area contributed by atoms with Gasteiger partial charge in [-0.1, -0.05) is 29.8 Å². The lowest BCUT2D eigenvalue weighted by molar-refractivity contribution is -0.172. The third-order valence-corrected chi connectivity index (χ3v) is 3.61. The summed E-state index contributed by atoms with van der Waals surface area (Å²) in [6, 6.07) is 5.12. The topological polar surface area (TPSA) is 54.4 Å². The molecule has 0 saturated carbocycles. The standard InChI is InChI=1S/C12H10F6O3S/c1-7-2-4-8(5-3-7)6-9(22(19,20)21)10(11(13,14)15)12(16,17)18/h2-5H,6H2,1H3,(H,19,20,21). The second-order valence-electron chi connectivity index (χ2n) is 4.43. The minimum Gasteiger partial charge on any atom is -0.282 e. The Labute approximate surface area is 122 Å². The highest BCUT2D eigenvalue weighted by molar-refractivity contribution is 7.89. The number of rotatable bonds is 3. The summed E-state index contributed by atoms with van der Waals surface area (Å²) in [7, 11) is -5.70. The smallest absolute Gasteiger partial charge is 0.282 e. The van der Waals surface area contributed by atoms with Crippen molar-refractivity contribution >= 4 is 10.1 Å². The Morgan fingerprint density at radius 1 is 1.00 bits per heavy atom. The van der Waals surface area contributed by atoms with Crippen LogP contribution >= 0.6 is 0 Å². The average Bonchev–Trinajstić information content (AvgIpc) is 2.26. The number of halogens is 6. The third-order valence-electron chi connectivity index (χ3n) is 2.64. The van der Waals surface area contributed by atoms with Crippen LogP contribution < -0.4 is 0 Å². The average molecular weight is 348 g/mol. The second kappa shape index (κ2) is 5.92. The predicted molar refractivity (Wildman–Crippen MR) is 65.6 cm³/mol. The van der Waals surface area contributed by atoms with Crippen LogP contribution in [0.5, 0.6) is 0 Å². The molecule has 0 radical (unpaired) electrons. The van der Waals surface area contributed by atoms with Gasteiger partial charge >= 0.3 is 12.4 Å². The van der Waals surface area contributed by atoms with Gasteiger partial charge in [0.2, 0.25) is 0 Å². The molecule has 1 N–H and O–H groups in total. The van der Waals surface area contributed by atoms with Crippen molar-refractivity contribution in [1.29, 1.82) is 0 Å². The molecule has 0 saturated heterocycles. The zero-order chi connectivity index (χ0) is 17.3. The first-order valence-corrected chi connectivity index (χ1v) is 7.07. The van der Waals surface area contributed by atoms with Crippen LogP contribution in [0.4, 0.5) is 26.3 Å². The van der Waals surface area contributed by atoms with Gasteiger partial charge in [-0.2, -0.15) is 34.8 Å². The van der Waals surface area contributed by atoms with Crippen LogP contribution in [0.1, 0.15) is 11.1 Å². The summed E-state index contributed by atoms with van der Waals surface area (Å²) in [6.07, 6.45) is -13.2. The van der Waals surface area contributed by atoms with Crippen molar-refractivity contribution in [3.63, 3.8) is 0 Å². The fourth-order valence-electron chi connectivity index (χ4n) is 1.68. The van der Waals surface area contributed by atoms with Crippen LogP contribution in [0.25, 0.3) is 0 Å². The maximum atomic E-state index is 12.6. The quantitative estimate of drug-likeness (QED) is 0.668. The van der Waals surface area contributed by atoms with Crippen LogP contribution in [-0.2, 0) is 16.5 Å². The Bertz CT molecular complexity index is 652. The Morgan fingerprint density at radius 3 is 1.73 bits per heavy atom. The maximum absolute atomic E-state index is 12.6. The third kappa shape index (κ3) is 4.73. The summed E-state index contributed by atoms with van der Waals surface area (Å²) in [4.78, 5) is -2.13. The Morgan fingerprint density at radius 2 is 1.41 bits per heavy atom. The molecule has 1 aromatic carbocycles. The molecule has 0 fully saturated rings. The highest BCUT2D eigenvalue weighted by Crippen LogP contribution is 2.42. The zero-order valence-corrected chi connectivity index (χ0v) is 11.8. The van der Waals surface area contributed by atoms with Gasteiger partial charge in [0.15, 0.2) is 5.57 Å². The number of hydrogen-bond donors (Lipinski definition) is 1. The van der Waals surface area contributed by atoms with Crippen molar-refractivity contribution in [2.24, 2.45) is 0 Å². The van der Waals surface area contributed by atoms with E-state index >= 15 is 0 Å². The molecule has 1 rings (SSSR count).